The third-order valence-electron chi connectivity index (χ3n) is 5.54. The van der Waals surface area contributed by atoms with Gasteiger partial charge >= 0.3 is 0 Å². The van der Waals surface area contributed by atoms with Crippen molar-refractivity contribution in [3.05, 3.63) is 12.2 Å². The second kappa shape index (κ2) is 10.4. The SMILES string of the molecule is CCCC(/C=C/CO[Si](CC)(CC)CC)C1CCCCC1=O. The predicted octanol–water partition coefficient (Wildman–Crippen LogP) is 5.74. The average Bonchev–Trinajstić information content (AvgIpc) is 2.55. The van der Waals surface area contributed by atoms with E-state index in [9.17, 15) is 4.79 Å². The van der Waals surface area contributed by atoms with Crippen LogP contribution in [0.2, 0.25) is 18.1 Å². The van der Waals surface area contributed by atoms with Crippen LogP contribution in [-0.2, 0) is 9.22 Å². The Morgan fingerprint density at radius 2 is 1.86 bits per heavy atom. The predicted molar refractivity (Wildman–Crippen MR) is 97.7 cm³/mol. The molecule has 0 aromatic rings. The van der Waals surface area contributed by atoms with E-state index in [1.54, 1.807) is 0 Å². The van der Waals surface area contributed by atoms with Gasteiger partial charge in [0.05, 0.1) is 6.61 Å². The molecule has 2 atom stereocenters. The zero-order chi connectivity index (χ0) is 16.4. The summed E-state index contributed by atoms with van der Waals surface area (Å²) in [6.07, 6.45) is 11.0. The minimum Gasteiger partial charge on any atom is -0.413 e. The second-order valence-electron chi connectivity index (χ2n) is 6.75. The number of allylic oxidation sites excluding steroid dienone is 1. The van der Waals surface area contributed by atoms with Gasteiger partial charge in [-0.15, -0.1) is 0 Å². The number of ketones is 1. The highest BCUT2D eigenvalue weighted by Gasteiger charge is 2.29. The minimum absolute atomic E-state index is 0.274. The number of carbonyl (C=O) groups excluding carboxylic acids is 1. The number of rotatable bonds is 10. The Balaban J connectivity index is 2.57. The van der Waals surface area contributed by atoms with Crippen molar-refractivity contribution in [1.29, 1.82) is 0 Å². The van der Waals surface area contributed by atoms with Crippen molar-refractivity contribution in [2.45, 2.75) is 84.4 Å². The van der Waals surface area contributed by atoms with E-state index in [0.29, 0.717) is 11.7 Å². The first-order valence-electron chi connectivity index (χ1n) is 9.45. The molecule has 2 nitrogen and oxygen atoms in total. The van der Waals surface area contributed by atoms with Crippen LogP contribution >= 0.6 is 0 Å². The maximum atomic E-state index is 12.2. The van der Waals surface area contributed by atoms with Gasteiger partial charge in [-0.2, -0.15) is 0 Å². The molecular formula is C19H36O2Si. The quantitative estimate of drug-likeness (QED) is 0.378. The lowest BCUT2D eigenvalue weighted by atomic mass is 9.77. The molecule has 0 saturated heterocycles. The van der Waals surface area contributed by atoms with E-state index in [4.69, 9.17) is 4.43 Å². The van der Waals surface area contributed by atoms with E-state index in [1.165, 1.54) is 24.6 Å². The molecule has 0 aliphatic heterocycles. The lowest BCUT2D eigenvalue weighted by Gasteiger charge is -2.28. The summed E-state index contributed by atoms with van der Waals surface area (Å²) in [7, 11) is -1.48. The van der Waals surface area contributed by atoms with E-state index >= 15 is 0 Å². The molecule has 1 fully saturated rings. The summed E-state index contributed by atoms with van der Waals surface area (Å²) in [6, 6.07) is 3.61. The van der Waals surface area contributed by atoms with Crippen LogP contribution < -0.4 is 0 Å². The topological polar surface area (TPSA) is 26.3 Å². The highest BCUT2D eigenvalue weighted by molar-refractivity contribution is 6.73. The number of Topliss-reactive ketones (excluding diaryl/α,β-unsaturated/α-hetero) is 1. The second-order valence-corrected chi connectivity index (χ2v) is 11.5. The minimum atomic E-state index is -1.48. The first kappa shape index (κ1) is 19.6. The molecule has 0 bridgehead atoms. The fraction of sp³-hybridized carbons (Fsp3) is 0.842. The molecule has 0 N–H and O–H groups in total. The normalized spacial score (nSPS) is 21.5. The molecule has 1 rings (SSSR count). The van der Waals surface area contributed by atoms with Gasteiger partial charge in [-0.3, -0.25) is 4.79 Å². The monoisotopic (exact) mass is 324 g/mol. The molecule has 22 heavy (non-hydrogen) atoms. The van der Waals surface area contributed by atoms with Gasteiger partial charge in [0.25, 0.3) is 0 Å². The summed E-state index contributed by atoms with van der Waals surface area (Å²) in [5.74, 6) is 1.20. The third kappa shape index (κ3) is 5.66. The molecule has 1 saturated carbocycles. The van der Waals surface area contributed by atoms with E-state index in [0.717, 1.165) is 38.7 Å². The van der Waals surface area contributed by atoms with Gasteiger partial charge in [-0.1, -0.05) is 52.7 Å². The summed E-state index contributed by atoms with van der Waals surface area (Å²) in [4.78, 5) is 12.2. The van der Waals surface area contributed by atoms with Crippen LogP contribution in [0.25, 0.3) is 0 Å². The van der Waals surface area contributed by atoms with Gasteiger partial charge in [0.15, 0.2) is 8.32 Å². The van der Waals surface area contributed by atoms with Crippen LogP contribution in [0, 0.1) is 11.8 Å². The van der Waals surface area contributed by atoms with Gasteiger partial charge < -0.3 is 4.43 Å². The van der Waals surface area contributed by atoms with Gasteiger partial charge in [0, 0.05) is 12.3 Å². The Bertz CT molecular complexity index is 339. The molecule has 0 aromatic carbocycles. The zero-order valence-corrected chi connectivity index (χ0v) is 16.2. The van der Waals surface area contributed by atoms with Gasteiger partial charge in [-0.25, -0.2) is 0 Å². The summed E-state index contributed by atoms with van der Waals surface area (Å²) >= 11 is 0. The molecule has 0 spiro atoms. The highest BCUT2D eigenvalue weighted by Crippen LogP contribution is 2.31. The largest absolute Gasteiger partial charge is 0.413 e. The highest BCUT2D eigenvalue weighted by atomic mass is 28.4. The summed E-state index contributed by atoms with van der Waals surface area (Å²) < 4.78 is 6.29. The molecule has 1 aliphatic rings. The summed E-state index contributed by atoms with van der Waals surface area (Å²) in [6.45, 7) is 9.76. The molecule has 0 aromatic heterocycles. The van der Waals surface area contributed by atoms with Crippen molar-refractivity contribution in [3.63, 3.8) is 0 Å². The van der Waals surface area contributed by atoms with Gasteiger partial charge in [0.2, 0.25) is 0 Å². The van der Waals surface area contributed by atoms with Crippen LogP contribution in [0.3, 0.4) is 0 Å². The van der Waals surface area contributed by atoms with Crippen molar-refractivity contribution in [1.82, 2.24) is 0 Å². The van der Waals surface area contributed by atoms with Crippen molar-refractivity contribution in [3.8, 4) is 0 Å². The smallest absolute Gasteiger partial charge is 0.192 e. The van der Waals surface area contributed by atoms with E-state index < -0.39 is 8.32 Å². The number of hydrogen-bond donors (Lipinski definition) is 0. The molecule has 3 heteroatoms. The Labute approximate surface area is 138 Å². The Morgan fingerprint density at radius 1 is 1.18 bits per heavy atom. The van der Waals surface area contributed by atoms with Gasteiger partial charge in [0.1, 0.15) is 5.78 Å². The molecular weight excluding hydrogens is 288 g/mol. The van der Waals surface area contributed by atoms with E-state index in [-0.39, 0.29) is 5.92 Å². The molecule has 0 amide bonds. The fourth-order valence-electron chi connectivity index (χ4n) is 3.74. The Hall–Kier alpha value is -0.413. The maximum absolute atomic E-state index is 12.2. The van der Waals surface area contributed by atoms with Crippen molar-refractivity contribution >= 4 is 14.1 Å². The molecule has 0 heterocycles. The van der Waals surface area contributed by atoms with Crippen LogP contribution in [-0.4, -0.2) is 20.7 Å². The average molecular weight is 325 g/mol. The van der Waals surface area contributed by atoms with Crippen LogP contribution in [0.1, 0.15) is 66.2 Å². The van der Waals surface area contributed by atoms with E-state index in [1.807, 2.05) is 0 Å². The van der Waals surface area contributed by atoms with Crippen molar-refractivity contribution in [2.75, 3.05) is 6.61 Å². The van der Waals surface area contributed by atoms with Crippen molar-refractivity contribution < 1.29 is 9.22 Å². The Morgan fingerprint density at radius 3 is 2.41 bits per heavy atom. The lowest BCUT2D eigenvalue weighted by Crippen LogP contribution is -2.35. The summed E-state index contributed by atoms with van der Waals surface area (Å²) in [5, 5.41) is 0. The molecule has 1 aliphatic carbocycles. The first-order valence-corrected chi connectivity index (χ1v) is 12.0. The van der Waals surface area contributed by atoms with E-state index in [2.05, 4.69) is 39.8 Å². The molecule has 0 radical (unpaired) electrons. The first-order chi connectivity index (χ1) is 10.6. The molecule has 2 unspecified atom stereocenters. The number of carbonyl (C=O) groups is 1. The zero-order valence-electron chi connectivity index (χ0n) is 15.2. The third-order valence-corrected chi connectivity index (χ3v) is 10.2. The van der Waals surface area contributed by atoms with Crippen LogP contribution in [0.4, 0.5) is 0 Å². The van der Waals surface area contributed by atoms with Crippen LogP contribution in [0.5, 0.6) is 0 Å². The summed E-state index contributed by atoms with van der Waals surface area (Å²) in [5.41, 5.74) is 0. The standard InChI is InChI=1S/C19H36O2Si/c1-5-12-17(18-14-9-10-15-19(18)20)13-11-16-21-22(6-2,7-3)8-4/h11,13,17-18H,5-10,12,14-16H2,1-4H3/b13-11+. The maximum Gasteiger partial charge on any atom is 0.192 e. The van der Waals surface area contributed by atoms with Crippen molar-refractivity contribution in [2.24, 2.45) is 11.8 Å². The molecule has 128 valence electrons. The van der Waals surface area contributed by atoms with Crippen LogP contribution in [0.15, 0.2) is 12.2 Å². The number of hydrogen-bond acceptors (Lipinski definition) is 2. The fourth-order valence-corrected chi connectivity index (χ4v) is 6.30. The lowest BCUT2D eigenvalue weighted by molar-refractivity contribution is -0.125. The Kier molecular flexibility index (Phi) is 9.26. The van der Waals surface area contributed by atoms with Gasteiger partial charge in [-0.05, 0) is 43.3 Å².